The van der Waals surface area contributed by atoms with Crippen LogP contribution in [0.2, 0.25) is 0 Å². The van der Waals surface area contributed by atoms with Gasteiger partial charge in [-0.15, -0.1) is 6.58 Å². The van der Waals surface area contributed by atoms with Gasteiger partial charge in [-0.25, -0.2) is 0 Å². The van der Waals surface area contributed by atoms with Gasteiger partial charge in [0, 0.05) is 24.4 Å². The normalized spacial score (nSPS) is 18.0. The first-order valence-electron chi connectivity index (χ1n) is 6.67. The van der Waals surface area contributed by atoms with Gasteiger partial charge in [-0.3, -0.25) is 9.69 Å². The molecule has 1 aliphatic heterocycles. The van der Waals surface area contributed by atoms with Crippen LogP contribution in [0.5, 0.6) is 0 Å². The number of carbonyl (C=O) groups excluding carboxylic acids is 1. The molecule has 0 spiro atoms. The molecule has 0 bridgehead atoms. The lowest BCUT2D eigenvalue weighted by atomic mass is 10.1. The summed E-state index contributed by atoms with van der Waals surface area (Å²) in [4.78, 5) is 26.2. The molecule has 0 saturated carbocycles. The van der Waals surface area contributed by atoms with Crippen molar-refractivity contribution in [3.63, 3.8) is 0 Å². The second kappa shape index (κ2) is 5.32. The maximum Gasteiger partial charge on any atom is 0.237 e. The van der Waals surface area contributed by atoms with Crippen molar-refractivity contribution in [3.05, 3.63) is 43.0 Å². The largest absolute Gasteiger partial charge is 0.368 e. The lowest BCUT2D eigenvalue weighted by molar-refractivity contribution is -0.117. The van der Waals surface area contributed by atoms with Crippen molar-refractivity contribution in [3.8, 4) is 11.4 Å². The van der Waals surface area contributed by atoms with Crippen LogP contribution in [0.3, 0.4) is 0 Å². The van der Waals surface area contributed by atoms with E-state index >= 15 is 0 Å². The lowest BCUT2D eigenvalue weighted by Gasteiger charge is -2.14. The van der Waals surface area contributed by atoms with Gasteiger partial charge < -0.3 is 5.73 Å². The molecule has 1 amide bonds. The fourth-order valence-corrected chi connectivity index (χ4v) is 2.30. The van der Waals surface area contributed by atoms with E-state index in [0.29, 0.717) is 24.7 Å². The standard InChI is InChI=1S/C15H15N5O/c1-2-10-8-12(21)20(9-10)15-18-13(17-14(16)19-15)11-6-4-3-5-7-11/h2-7,10H,1,8-9H2,(H2,16,17,18,19). The topological polar surface area (TPSA) is 85.0 Å². The van der Waals surface area contributed by atoms with E-state index in [1.165, 1.54) is 4.90 Å². The Hall–Kier alpha value is -2.76. The summed E-state index contributed by atoms with van der Waals surface area (Å²) in [5, 5.41) is 0. The molecule has 1 atom stereocenters. The zero-order valence-electron chi connectivity index (χ0n) is 11.4. The summed E-state index contributed by atoms with van der Waals surface area (Å²) in [5.41, 5.74) is 6.59. The van der Waals surface area contributed by atoms with Gasteiger partial charge in [0.25, 0.3) is 0 Å². The maximum absolute atomic E-state index is 12.0. The molecule has 1 saturated heterocycles. The molecular weight excluding hydrogens is 266 g/mol. The number of nitrogens with two attached hydrogens (primary N) is 1. The minimum atomic E-state index is -0.0236. The van der Waals surface area contributed by atoms with E-state index in [4.69, 9.17) is 5.73 Å². The highest BCUT2D eigenvalue weighted by atomic mass is 16.2. The van der Waals surface area contributed by atoms with Crippen LogP contribution in [0, 0.1) is 5.92 Å². The zero-order valence-corrected chi connectivity index (χ0v) is 11.4. The molecule has 1 aliphatic rings. The summed E-state index contributed by atoms with van der Waals surface area (Å²) in [6.45, 7) is 4.26. The predicted molar refractivity (Wildman–Crippen MR) is 80.3 cm³/mol. The number of nitrogen functional groups attached to an aromatic ring is 1. The van der Waals surface area contributed by atoms with Crippen molar-refractivity contribution >= 4 is 17.8 Å². The average molecular weight is 281 g/mol. The quantitative estimate of drug-likeness (QED) is 0.865. The van der Waals surface area contributed by atoms with Gasteiger partial charge in [0.2, 0.25) is 17.8 Å². The molecule has 1 aromatic carbocycles. The molecule has 0 radical (unpaired) electrons. The van der Waals surface area contributed by atoms with Crippen molar-refractivity contribution in [1.82, 2.24) is 15.0 Å². The first-order valence-corrected chi connectivity index (χ1v) is 6.67. The highest BCUT2D eigenvalue weighted by Gasteiger charge is 2.31. The minimum Gasteiger partial charge on any atom is -0.368 e. The summed E-state index contributed by atoms with van der Waals surface area (Å²) in [6, 6.07) is 9.47. The molecule has 106 valence electrons. The number of rotatable bonds is 3. The van der Waals surface area contributed by atoms with E-state index in [9.17, 15) is 4.79 Å². The Morgan fingerprint density at radius 2 is 2.00 bits per heavy atom. The molecule has 6 heteroatoms. The molecule has 2 heterocycles. The van der Waals surface area contributed by atoms with Gasteiger partial charge in [-0.05, 0) is 0 Å². The third kappa shape index (κ3) is 2.60. The molecule has 1 fully saturated rings. The summed E-state index contributed by atoms with van der Waals surface area (Å²) in [5.74, 6) is 0.970. The highest BCUT2D eigenvalue weighted by Crippen LogP contribution is 2.25. The van der Waals surface area contributed by atoms with Gasteiger partial charge in [0.1, 0.15) is 0 Å². The van der Waals surface area contributed by atoms with Crippen LogP contribution in [-0.4, -0.2) is 27.4 Å². The Labute approximate surface area is 122 Å². The number of carbonyl (C=O) groups is 1. The second-order valence-electron chi connectivity index (χ2n) is 4.89. The fourth-order valence-electron chi connectivity index (χ4n) is 2.30. The Balaban J connectivity index is 1.99. The fraction of sp³-hybridized carbons (Fsp3) is 0.200. The number of benzene rings is 1. The molecule has 1 aromatic heterocycles. The lowest BCUT2D eigenvalue weighted by Crippen LogP contribution is -2.27. The van der Waals surface area contributed by atoms with Crippen LogP contribution in [-0.2, 0) is 4.79 Å². The maximum atomic E-state index is 12.0. The van der Waals surface area contributed by atoms with Crippen molar-refractivity contribution in [2.75, 3.05) is 17.2 Å². The van der Waals surface area contributed by atoms with E-state index in [1.807, 2.05) is 30.3 Å². The van der Waals surface area contributed by atoms with Gasteiger partial charge >= 0.3 is 0 Å². The number of hydrogen-bond donors (Lipinski definition) is 1. The highest BCUT2D eigenvalue weighted by molar-refractivity contribution is 5.94. The van der Waals surface area contributed by atoms with Crippen LogP contribution >= 0.6 is 0 Å². The molecule has 21 heavy (non-hydrogen) atoms. The SMILES string of the molecule is C=CC1CC(=O)N(c2nc(N)nc(-c3ccccc3)n2)C1. The third-order valence-corrected chi connectivity index (χ3v) is 3.40. The molecule has 1 unspecified atom stereocenters. The average Bonchev–Trinajstić information content (AvgIpc) is 2.89. The molecular formula is C15H15N5O. The van der Waals surface area contributed by atoms with Crippen LogP contribution in [0.1, 0.15) is 6.42 Å². The summed E-state index contributed by atoms with van der Waals surface area (Å²) < 4.78 is 0. The number of anilines is 2. The van der Waals surface area contributed by atoms with Crippen LogP contribution in [0.15, 0.2) is 43.0 Å². The van der Waals surface area contributed by atoms with E-state index in [-0.39, 0.29) is 17.8 Å². The van der Waals surface area contributed by atoms with Crippen molar-refractivity contribution in [1.29, 1.82) is 0 Å². The van der Waals surface area contributed by atoms with Crippen LogP contribution < -0.4 is 10.6 Å². The molecule has 0 aliphatic carbocycles. The summed E-state index contributed by atoms with van der Waals surface area (Å²) >= 11 is 0. The zero-order chi connectivity index (χ0) is 14.8. The Bertz CT molecular complexity index is 686. The molecule has 2 N–H and O–H groups in total. The molecule has 6 nitrogen and oxygen atoms in total. The minimum absolute atomic E-state index is 0.0236. The first-order chi connectivity index (χ1) is 10.2. The number of hydrogen-bond acceptors (Lipinski definition) is 5. The van der Waals surface area contributed by atoms with Crippen molar-refractivity contribution in [2.45, 2.75) is 6.42 Å². The Morgan fingerprint density at radius 3 is 2.67 bits per heavy atom. The van der Waals surface area contributed by atoms with Crippen LogP contribution in [0.4, 0.5) is 11.9 Å². The summed E-state index contributed by atoms with van der Waals surface area (Å²) in [7, 11) is 0. The smallest absolute Gasteiger partial charge is 0.237 e. The second-order valence-corrected chi connectivity index (χ2v) is 4.89. The van der Waals surface area contributed by atoms with E-state index < -0.39 is 0 Å². The van der Waals surface area contributed by atoms with Crippen molar-refractivity contribution in [2.24, 2.45) is 5.92 Å². The van der Waals surface area contributed by atoms with E-state index in [1.54, 1.807) is 6.08 Å². The Morgan fingerprint density at radius 1 is 1.24 bits per heavy atom. The van der Waals surface area contributed by atoms with Crippen molar-refractivity contribution < 1.29 is 4.79 Å². The Kier molecular flexibility index (Phi) is 3.35. The number of amides is 1. The first kappa shape index (κ1) is 13.2. The molecule has 3 rings (SSSR count). The van der Waals surface area contributed by atoms with E-state index in [0.717, 1.165) is 5.56 Å². The van der Waals surface area contributed by atoms with Gasteiger partial charge in [0.15, 0.2) is 5.82 Å². The van der Waals surface area contributed by atoms with E-state index in [2.05, 4.69) is 21.5 Å². The monoisotopic (exact) mass is 281 g/mol. The van der Waals surface area contributed by atoms with Gasteiger partial charge in [0.05, 0.1) is 0 Å². The van der Waals surface area contributed by atoms with Gasteiger partial charge in [-0.1, -0.05) is 36.4 Å². The van der Waals surface area contributed by atoms with Crippen LogP contribution in [0.25, 0.3) is 11.4 Å². The number of aromatic nitrogens is 3. The summed E-state index contributed by atoms with van der Waals surface area (Å²) in [6.07, 6.45) is 2.20. The third-order valence-electron chi connectivity index (χ3n) is 3.40. The molecule has 2 aromatic rings. The predicted octanol–water partition coefficient (Wildman–Crippen LogP) is 1.66. The van der Waals surface area contributed by atoms with Gasteiger partial charge in [-0.2, -0.15) is 15.0 Å². The number of nitrogens with zero attached hydrogens (tertiary/aromatic N) is 4.